The molecule has 0 unspecified atom stereocenters. The van der Waals surface area contributed by atoms with Crippen LogP contribution in [0.5, 0.6) is 0 Å². The summed E-state index contributed by atoms with van der Waals surface area (Å²) in [7, 11) is 0. The minimum absolute atomic E-state index is 0.274. The van der Waals surface area contributed by atoms with Crippen LogP contribution in [0.4, 0.5) is 14.5 Å². The van der Waals surface area contributed by atoms with Crippen molar-refractivity contribution in [3.8, 4) is 5.69 Å². The summed E-state index contributed by atoms with van der Waals surface area (Å²) in [6.45, 7) is 1.79. The summed E-state index contributed by atoms with van der Waals surface area (Å²) in [4.78, 5) is 24.9. The maximum atomic E-state index is 14.1. The Balaban J connectivity index is 1.72. The average Bonchev–Trinajstić information content (AvgIpc) is 3.25. The second-order valence-corrected chi connectivity index (χ2v) is 7.85. The summed E-state index contributed by atoms with van der Waals surface area (Å²) in [5.41, 5.74) is 5.55. The van der Waals surface area contributed by atoms with Gasteiger partial charge in [0.2, 0.25) is 0 Å². The molecule has 0 saturated heterocycles. The Bertz CT molecular complexity index is 1330. The molecule has 0 aliphatic rings. The number of aryl methyl sites for hydroxylation is 1. The van der Waals surface area contributed by atoms with Crippen molar-refractivity contribution >= 4 is 50.7 Å². The Morgan fingerprint density at radius 3 is 2.60 bits per heavy atom. The first kappa shape index (κ1) is 20.0. The van der Waals surface area contributed by atoms with Crippen LogP contribution in [-0.2, 0) is 0 Å². The molecule has 0 radical (unpaired) electrons. The fourth-order valence-corrected chi connectivity index (χ4v) is 4.25. The van der Waals surface area contributed by atoms with Gasteiger partial charge in [0.25, 0.3) is 11.8 Å². The number of hydrogen-bond acceptors (Lipinski definition) is 4. The standard InChI is InChI=1S/C20H13ClF2N4O2S/c1-9-10-7-17(30-20(10)27(26-9)16-5-3-2-4-12(16)21)19(29)25-15-6-11(18(24)28)13(22)8-14(15)23/h2-8H,1H3,(H2,24,28)(H,25,29). The van der Waals surface area contributed by atoms with Gasteiger partial charge in [-0.1, -0.05) is 23.7 Å². The summed E-state index contributed by atoms with van der Waals surface area (Å²) >= 11 is 7.41. The molecule has 4 aromatic rings. The molecule has 2 aromatic carbocycles. The van der Waals surface area contributed by atoms with E-state index in [2.05, 4.69) is 10.4 Å². The van der Waals surface area contributed by atoms with Gasteiger partial charge >= 0.3 is 0 Å². The van der Waals surface area contributed by atoms with Gasteiger partial charge in [0.1, 0.15) is 16.5 Å². The summed E-state index contributed by atoms with van der Waals surface area (Å²) < 4.78 is 29.4. The summed E-state index contributed by atoms with van der Waals surface area (Å²) in [5, 5.41) is 8.07. The molecule has 0 saturated carbocycles. The molecule has 0 aliphatic carbocycles. The lowest BCUT2D eigenvalue weighted by molar-refractivity contribution is 0.0992. The topological polar surface area (TPSA) is 90.0 Å². The largest absolute Gasteiger partial charge is 0.366 e. The zero-order valence-electron chi connectivity index (χ0n) is 15.4. The van der Waals surface area contributed by atoms with Crippen molar-refractivity contribution in [3.05, 3.63) is 75.3 Å². The molecule has 2 aromatic heterocycles. The van der Waals surface area contributed by atoms with E-state index < -0.39 is 29.0 Å². The molecule has 152 valence electrons. The number of anilines is 1. The number of aromatic nitrogens is 2. The molecule has 0 bridgehead atoms. The SMILES string of the molecule is Cc1nn(-c2ccccc2Cl)c2sc(C(=O)Nc3cc(C(N)=O)c(F)cc3F)cc12. The Morgan fingerprint density at radius 1 is 1.17 bits per heavy atom. The second-order valence-electron chi connectivity index (χ2n) is 6.41. The Morgan fingerprint density at radius 2 is 1.90 bits per heavy atom. The number of para-hydroxylation sites is 1. The van der Waals surface area contributed by atoms with E-state index in [1.54, 1.807) is 35.9 Å². The van der Waals surface area contributed by atoms with E-state index in [0.717, 1.165) is 22.8 Å². The first-order valence-corrected chi connectivity index (χ1v) is 9.80. The van der Waals surface area contributed by atoms with Gasteiger partial charge in [0, 0.05) is 11.5 Å². The van der Waals surface area contributed by atoms with Crippen molar-refractivity contribution in [2.45, 2.75) is 6.92 Å². The third kappa shape index (κ3) is 3.42. The van der Waals surface area contributed by atoms with Gasteiger partial charge in [-0.3, -0.25) is 9.59 Å². The van der Waals surface area contributed by atoms with Crippen LogP contribution in [-0.4, -0.2) is 21.6 Å². The van der Waals surface area contributed by atoms with Crippen molar-refractivity contribution in [3.63, 3.8) is 0 Å². The molecule has 10 heteroatoms. The number of carbonyl (C=O) groups excluding carboxylic acids is 2. The fraction of sp³-hybridized carbons (Fsp3) is 0.0500. The first-order valence-electron chi connectivity index (χ1n) is 8.60. The van der Waals surface area contributed by atoms with Crippen molar-refractivity contribution in [2.75, 3.05) is 5.32 Å². The normalized spacial score (nSPS) is 11.1. The molecule has 4 rings (SSSR count). The first-order chi connectivity index (χ1) is 14.3. The number of fused-ring (bicyclic) bond motifs is 1. The maximum Gasteiger partial charge on any atom is 0.265 e. The van der Waals surface area contributed by atoms with Crippen LogP contribution in [0, 0.1) is 18.6 Å². The molecule has 2 amide bonds. The molecule has 30 heavy (non-hydrogen) atoms. The molecule has 6 nitrogen and oxygen atoms in total. The number of nitrogens with zero attached hydrogens (tertiary/aromatic N) is 2. The van der Waals surface area contributed by atoms with E-state index in [1.165, 1.54) is 0 Å². The second kappa shape index (κ2) is 7.51. The molecular weight excluding hydrogens is 434 g/mol. The van der Waals surface area contributed by atoms with Gasteiger partial charge in [-0.2, -0.15) is 5.10 Å². The van der Waals surface area contributed by atoms with Crippen LogP contribution in [0.25, 0.3) is 15.9 Å². The Labute approximate surface area is 177 Å². The minimum Gasteiger partial charge on any atom is -0.366 e. The van der Waals surface area contributed by atoms with Crippen molar-refractivity contribution in [1.82, 2.24) is 9.78 Å². The number of nitrogens with two attached hydrogens (primary N) is 1. The van der Waals surface area contributed by atoms with Crippen molar-refractivity contribution in [2.24, 2.45) is 5.73 Å². The van der Waals surface area contributed by atoms with E-state index in [1.807, 2.05) is 6.07 Å². The van der Waals surface area contributed by atoms with Crippen LogP contribution < -0.4 is 11.1 Å². The molecule has 0 aliphatic heterocycles. The van der Waals surface area contributed by atoms with E-state index >= 15 is 0 Å². The third-order valence-electron chi connectivity index (χ3n) is 4.42. The third-order valence-corrected chi connectivity index (χ3v) is 5.85. The predicted octanol–water partition coefficient (Wildman–Crippen LogP) is 4.68. The van der Waals surface area contributed by atoms with E-state index in [4.69, 9.17) is 17.3 Å². The number of primary amides is 1. The molecular formula is C20H13ClF2N4O2S. The number of carbonyl (C=O) groups is 2. The highest BCUT2D eigenvalue weighted by Crippen LogP contribution is 2.33. The van der Waals surface area contributed by atoms with E-state index in [0.29, 0.717) is 27.3 Å². The molecule has 0 fully saturated rings. The molecule has 2 heterocycles. The fourth-order valence-electron chi connectivity index (χ4n) is 2.96. The lowest BCUT2D eigenvalue weighted by Crippen LogP contribution is -2.16. The summed E-state index contributed by atoms with van der Waals surface area (Å²) in [5.74, 6) is -3.82. The lowest BCUT2D eigenvalue weighted by atomic mass is 10.1. The number of rotatable bonds is 4. The van der Waals surface area contributed by atoms with Gasteiger partial charge in [0.15, 0.2) is 0 Å². The van der Waals surface area contributed by atoms with Crippen molar-refractivity contribution in [1.29, 1.82) is 0 Å². The van der Waals surface area contributed by atoms with Gasteiger partial charge in [0.05, 0.1) is 32.5 Å². The number of amides is 2. The molecule has 3 N–H and O–H groups in total. The van der Waals surface area contributed by atoms with Crippen LogP contribution >= 0.6 is 22.9 Å². The molecule has 0 atom stereocenters. The zero-order chi connectivity index (χ0) is 21.6. The highest BCUT2D eigenvalue weighted by atomic mass is 35.5. The average molecular weight is 447 g/mol. The van der Waals surface area contributed by atoms with Gasteiger partial charge in [-0.15, -0.1) is 11.3 Å². The highest BCUT2D eigenvalue weighted by molar-refractivity contribution is 7.20. The van der Waals surface area contributed by atoms with Crippen molar-refractivity contribution < 1.29 is 18.4 Å². The van der Waals surface area contributed by atoms with Crippen LogP contribution in [0.3, 0.4) is 0 Å². The quantitative estimate of drug-likeness (QED) is 0.477. The predicted molar refractivity (Wildman–Crippen MR) is 112 cm³/mol. The number of benzene rings is 2. The van der Waals surface area contributed by atoms with E-state index in [-0.39, 0.29) is 10.6 Å². The number of nitrogens with one attached hydrogen (secondary N) is 1. The number of halogens is 3. The number of hydrogen-bond donors (Lipinski definition) is 2. The van der Waals surface area contributed by atoms with Gasteiger partial charge in [-0.25, -0.2) is 13.5 Å². The van der Waals surface area contributed by atoms with Crippen LogP contribution in [0.1, 0.15) is 25.7 Å². The van der Waals surface area contributed by atoms with Crippen LogP contribution in [0.15, 0.2) is 42.5 Å². The van der Waals surface area contributed by atoms with Gasteiger partial charge < -0.3 is 11.1 Å². The molecule has 0 spiro atoms. The van der Waals surface area contributed by atoms with E-state index in [9.17, 15) is 18.4 Å². The minimum atomic E-state index is -1.10. The highest BCUT2D eigenvalue weighted by Gasteiger charge is 2.20. The Kier molecular flexibility index (Phi) is 5.00. The summed E-state index contributed by atoms with van der Waals surface area (Å²) in [6.07, 6.45) is 0. The monoisotopic (exact) mass is 446 g/mol. The smallest absolute Gasteiger partial charge is 0.265 e. The number of thiophene rings is 1. The summed E-state index contributed by atoms with van der Waals surface area (Å²) in [6, 6.07) is 10.1. The maximum absolute atomic E-state index is 14.1. The van der Waals surface area contributed by atoms with Gasteiger partial charge in [-0.05, 0) is 31.2 Å². The lowest BCUT2D eigenvalue weighted by Gasteiger charge is -2.08. The van der Waals surface area contributed by atoms with Crippen LogP contribution in [0.2, 0.25) is 5.02 Å². The Hall–Kier alpha value is -3.30. The zero-order valence-corrected chi connectivity index (χ0v) is 16.9.